The first-order valence-electron chi connectivity index (χ1n) is 13.3. The summed E-state index contributed by atoms with van der Waals surface area (Å²) in [5.74, 6) is -5.07. The van der Waals surface area contributed by atoms with Crippen molar-refractivity contribution >= 4 is 75.3 Å². The molecule has 0 aliphatic carbocycles. The number of oxime groups is 1. The number of hydrogen-bond acceptors (Lipinski definition) is 15. The van der Waals surface area contributed by atoms with E-state index in [9.17, 15) is 34.2 Å². The molecule has 3 amide bonds. The van der Waals surface area contributed by atoms with Gasteiger partial charge in [-0.05, 0) is 13.8 Å². The number of Topliss-reactive ketones (excluding diaryl/α,β-unsaturated/α-hetero) is 1. The highest BCUT2D eigenvalue weighted by Gasteiger charge is 2.53. The Labute approximate surface area is 263 Å². The summed E-state index contributed by atoms with van der Waals surface area (Å²) >= 11 is 2.02. The van der Waals surface area contributed by atoms with Gasteiger partial charge in [0.25, 0.3) is 0 Å². The van der Waals surface area contributed by atoms with E-state index in [0.717, 1.165) is 16.4 Å². The number of anilines is 3. The monoisotopic (exact) mass is 665 g/mol. The van der Waals surface area contributed by atoms with Gasteiger partial charge in [-0.3, -0.25) is 19.8 Å². The molecule has 1 fully saturated rings. The Morgan fingerprint density at radius 2 is 2.02 bits per heavy atom. The summed E-state index contributed by atoms with van der Waals surface area (Å²) < 4.78 is 7.01. The summed E-state index contributed by atoms with van der Waals surface area (Å²) in [6.07, 6.45) is 1.10. The molecule has 2 aliphatic heterocycles. The Bertz CT molecular complexity index is 1620. The molecule has 0 saturated carbocycles. The van der Waals surface area contributed by atoms with Gasteiger partial charge in [-0.1, -0.05) is 5.16 Å². The number of nitrogen functional groups attached to an aromatic ring is 2. The van der Waals surface area contributed by atoms with Gasteiger partial charge >= 0.3 is 12.0 Å². The SMILES string of the molecule is Cn1c(N)c(NC(=O)NCCN)c[n+]1CC1=C(C(=O)[O-])N2C(=O)[C@@H](CC(=O)/C(=N\OC(C)(C)C(=O)O)c3nsc(N)n3)C2SC1. The molecular weight excluding hydrogens is 634 g/mol. The number of aromatic nitrogens is 4. The van der Waals surface area contributed by atoms with Crippen molar-refractivity contribution in [2.24, 2.45) is 23.9 Å². The van der Waals surface area contributed by atoms with E-state index in [1.165, 1.54) is 36.5 Å². The molecular formula is C24H31N11O8S2. The van der Waals surface area contributed by atoms with Crippen LogP contribution in [0, 0.1) is 5.92 Å². The van der Waals surface area contributed by atoms with Gasteiger partial charge in [-0.25, -0.2) is 9.59 Å². The molecule has 9 N–H and O–H groups in total. The maximum absolute atomic E-state index is 13.3. The first-order chi connectivity index (χ1) is 21.2. The molecule has 2 aromatic heterocycles. The van der Waals surface area contributed by atoms with Crippen LogP contribution < -0.4 is 37.6 Å². The summed E-state index contributed by atoms with van der Waals surface area (Å²) in [6.45, 7) is 2.93. The number of thioether (sulfide) groups is 1. The molecule has 45 heavy (non-hydrogen) atoms. The molecule has 19 nitrogen and oxygen atoms in total. The average molecular weight is 666 g/mol. The maximum atomic E-state index is 13.3. The number of nitrogens with zero attached hydrogens (tertiary/aromatic N) is 6. The standard InChI is InChI=1S/C24H31N11O8S2/c1-24(2,21(40)41)43-31-14(17-30-22(27)45-32-17)13(36)6-11-18(37)35-15(20(38)39)10(9-44-19(11)35)7-34-8-12(16(26)33(34)3)29-23(42)28-5-4-25/h8,11,19,26H,4-7,9,25H2,1-3H3,(H6,27,28,29,30,32,38,39,40,41,42)/b31-14+/t11-,19?/m1/s1. The van der Waals surface area contributed by atoms with Gasteiger partial charge in [0.15, 0.2) is 34.7 Å². The highest BCUT2D eigenvalue weighted by atomic mass is 32.2. The van der Waals surface area contributed by atoms with Crippen LogP contribution in [0.2, 0.25) is 0 Å². The van der Waals surface area contributed by atoms with E-state index in [0.29, 0.717) is 5.57 Å². The zero-order valence-electron chi connectivity index (χ0n) is 24.3. The number of hydrogen-bond donors (Lipinski definition) is 6. The van der Waals surface area contributed by atoms with Crippen LogP contribution in [-0.2, 0) is 37.6 Å². The van der Waals surface area contributed by atoms with E-state index in [4.69, 9.17) is 22.0 Å². The van der Waals surface area contributed by atoms with E-state index >= 15 is 0 Å². The van der Waals surface area contributed by atoms with Crippen molar-refractivity contribution in [3.05, 3.63) is 23.3 Å². The largest absolute Gasteiger partial charge is 0.543 e. The number of nitrogens with one attached hydrogen (secondary N) is 2. The number of β-lactam (4-membered cyclic amide) rings is 1. The third-order valence-electron chi connectivity index (χ3n) is 6.87. The van der Waals surface area contributed by atoms with Crippen LogP contribution >= 0.6 is 23.3 Å². The van der Waals surface area contributed by atoms with Gasteiger partial charge in [0.1, 0.15) is 0 Å². The molecule has 21 heteroatoms. The van der Waals surface area contributed by atoms with Gasteiger partial charge < -0.3 is 42.4 Å². The van der Waals surface area contributed by atoms with Crippen LogP contribution in [-0.4, -0.2) is 89.2 Å². The number of urea groups is 1. The van der Waals surface area contributed by atoms with Crippen molar-refractivity contribution in [3.8, 4) is 0 Å². The van der Waals surface area contributed by atoms with Gasteiger partial charge in [0.2, 0.25) is 23.5 Å². The quantitative estimate of drug-likeness (QED) is 0.0545. The second-order valence-electron chi connectivity index (χ2n) is 10.4. The zero-order valence-corrected chi connectivity index (χ0v) is 25.9. The summed E-state index contributed by atoms with van der Waals surface area (Å²) in [6, 6.07) is -0.526. The summed E-state index contributed by atoms with van der Waals surface area (Å²) in [5.41, 5.74) is 15.2. The van der Waals surface area contributed by atoms with Crippen LogP contribution in [0.4, 0.5) is 21.4 Å². The lowest BCUT2D eigenvalue weighted by molar-refractivity contribution is -0.765. The minimum Gasteiger partial charge on any atom is -0.543 e. The van der Waals surface area contributed by atoms with Gasteiger partial charge in [0.05, 0.1) is 30.0 Å². The minimum atomic E-state index is -1.80. The number of ketones is 1. The number of aliphatic carboxylic acids is 2. The third-order valence-corrected chi connectivity index (χ3v) is 8.81. The number of nitrogens with two attached hydrogens (primary N) is 3. The average Bonchev–Trinajstić information content (AvgIpc) is 3.52. The molecule has 2 atom stereocenters. The van der Waals surface area contributed by atoms with Crippen molar-refractivity contribution < 1.29 is 43.7 Å². The first kappa shape index (κ1) is 33.1. The number of carboxylic acid groups (broad SMARTS) is 2. The van der Waals surface area contributed by atoms with Crippen molar-refractivity contribution in [1.29, 1.82) is 0 Å². The molecule has 1 unspecified atom stereocenters. The second-order valence-corrected chi connectivity index (χ2v) is 12.3. The van der Waals surface area contributed by atoms with Gasteiger partial charge in [0, 0.05) is 42.4 Å². The van der Waals surface area contributed by atoms with E-state index in [-0.39, 0.29) is 53.5 Å². The topological polar surface area (TPSA) is 290 Å². The first-order valence-corrected chi connectivity index (χ1v) is 15.1. The van der Waals surface area contributed by atoms with Crippen LogP contribution in [0.15, 0.2) is 22.6 Å². The normalized spacial score (nSPS) is 18.3. The lowest BCUT2D eigenvalue weighted by atomic mass is 9.89. The number of rotatable bonds is 13. The fraction of sp³-hybridized carbons (Fsp3) is 0.458. The van der Waals surface area contributed by atoms with Crippen LogP contribution in [0.25, 0.3) is 0 Å². The minimum absolute atomic E-state index is 0.00632. The molecule has 0 spiro atoms. The highest BCUT2D eigenvalue weighted by Crippen LogP contribution is 2.45. The van der Waals surface area contributed by atoms with Gasteiger partial charge in [-0.2, -0.15) is 9.36 Å². The number of carbonyl (C=O) groups is 5. The maximum Gasteiger partial charge on any atom is 0.350 e. The molecule has 2 aliphatic rings. The Balaban J connectivity index is 1.54. The number of fused-ring (bicyclic) bond motifs is 1. The molecule has 242 valence electrons. The zero-order chi connectivity index (χ0) is 33.2. The molecule has 0 radical (unpaired) electrons. The Morgan fingerprint density at radius 3 is 2.62 bits per heavy atom. The van der Waals surface area contributed by atoms with Crippen molar-refractivity contribution in [2.75, 3.05) is 35.6 Å². The number of carbonyl (C=O) groups excluding carboxylic acids is 4. The molecule has 2 aromatic rings. The molecule has 0 aromatic carbocycles. The highest BCUT2D eigenvalue weighted by molar-refractivity contribution is 8.00. The lowest BCUT2D eigenvalue weighted by Gasteiger charge is -2.50. The van der Waals surface area contributed by atoms with Crippen molar-refractivity contribution in [2.45, 2.75) is 37.8 Å². The van der Waals surface area contributed by atoms with E-state index in [1.54, 1.807) is 11.7 Å². The van der Waals surface area contributed by atoms with Gasteiger partial charge in [-0.15, -0.1) is 21.1 Å². The summed E-state index contributed by atoms with van der Waals surface area (Å²) in [5, 5.41) is 29.8. The fourth-order valence-corrected chi connectivity index (χ4v) is 6.22. The van der Waals surface area contributed by atoms with E-state index < -0.39 is 58.7 Å². The van der Waals surface area contributed by atoms with Crippen molar-refractivity contribution in [1.82, 2.24) is 24.3 Å². The van der Waals surface area contributed by atoms with Crippen molar-refractivity contribution in [3.63, 3.8) is 0 Å². The number of carboxylic acids is 2. The van der Waals surface area contributed by atoms with E-state index in [1.807, 2.05) is 0 Å². The van der Waals surface area contributed by atoms with E-state index in [2.05, 4.69) is 25.1 Å². The predicted octanol–water partition coefficient (Wildman–Crippen LogP) is -2.81. The number of amides is 3. The smallest absolute Gasteiger partial charge is 0.350 e. The Hall–Kier alpha value is -4.76. The summed E-state index contributed by atoms with van der Waals surface area (Å²) in [7, 11) is 1.61. The second kappa shape index (κ2) is 13.1. The molecule has 4 heterocycles. The fourth-order valence-electron chi connectivity index (χ4n) is 4.38. The third kappa shape index (κ3) is 6.83. The van der Waals surface area contributed by atoms with Crippen LogP contribution in [0.5, 0.6) is 0 Å². The van der Waals surface area contributed by atoms with Crippen LogP contribution in [0.1, 0.15) is 26.1 Å². The van der Waals surface area contributed by atoms with Crippen LogP contribution in [0.3, 0.4) is 0 Å². The molecule has 1 saturated heterocycles. The lowest BCUT2D eigenvalue weighted by Crippen LogP contribution is -2.63. The predicted molar refractivity (Wildman–Crippen MR) is 158 cm³/mol. The summed E-state index contributed by atoms with van der Waals surface area (Å²) in [4.78, 5) is 72.5. The molecule has 4 rings (SSSR count). The Kier molecular flexibility index (Phi) is 9.63. The Morgan fingerprint density at radius 1 is 1.31 bits per heavy atom. The molecule has 0 bridgehead atoms.